The van der Waals surface area contributed by atoms with Crippen molar-refractivity contribution in [2.45, 2.75) is 26.4 Å². The van der Waals surface area contributed by atoms with Gasteiger partial charge in [-0.15, -0.1) is 0 Å². The van der Waals surface area contributed by atoms with Crippen LogP contribution in [0.25, 0.3) is 0 Å². The summed E-state index contributed by atoms with van der Waals surface area (Å²) in [6.45, 7) is 4.88. The first-order chi connectivity index (χ1) is 9.95. The summed E-state index contributed by atoms with van der Waals surface area (Å²) < 4.78 is 6.54. The molecule has 1 N–H and O–H groups in total. The van der Waals surface area contributed by atoms with E-state index in [1.807, 2.05) is 12.1 Å². The predicted molar refractivity (Wildman–Crippen MR) is 90.4 cm³/mol. The van der Waals surface area contributed by atoms with Crippen LogP contribution in [-0.2, 0) is 6.54 Å². The van der Waals surface area contributed by atoms with Gasteiger partial charge in [0.05, 0.1) is 5.02 Å². The number of rotatable bonds is 5. The quantitative estimate of drug-likeness (QED) is 0.738. The normalized spacial score (nSPS) is 11.0. The smallest absolute Gasteiger partial charge is 0.238 e. The number of aromatic nitrogens is 1. The fraction of sp³-hybridized carbons (Fsp3) is 0.267. The minimum atomic E-state index is 0.342. The molecule has 0 aliphatic rings. The average Bonchev–Trinajstić information content (AvgIpc) is 2.42. The minimum absolute atomic E-state index is 0.342. The number of ether oxygens (including phenoxy) is 1. The molecule has 0 radical (unpaired) electrons. The van der Waals surface area contributed by atoms with Gasteiger partial charge < -0.3 is 10.1 Å². The van der Waals surface area contributed by atoms with Gasteiger partial charge in [-0.2, -0.15) is 0 Å². The van der Waals surface area contributed by atoms with Gasteiger partial charge in [0, 0.05) is 23.3 Å². The maximum atomic E-state index is 6.21. The molecule has 6 heteroatoms. The monoisotopic (exact) mass is 388 g/mol. The highest BCUT2D eigenvalue weighted by Crippen LogP contribution is 2.33. The van der Waals surface area contributed by atoms with Gasteiger partial charge in [0.15, 0.2) is 0 Å². The molecule has 0 amide bonds. The topological polar surface area (TPSA) is 34.2 Å². The first-order valence-corrected chi connectivity index (χ1v) is 8.01. The largest absolute Gasteiger partial charge is 0.436 e. The number of halogens is 3. The van der Waals surface area contributed by atoms with E-state index in [4.69, 9.17) is 27.9 Å². The summed E-state index contributed by atoms with van der Waals surface area (Å²) in [5.41, 5.74) is 1.00. The van der Waals surface area contributed by atoms with Gasteiger partial charge in [0.1, 0.15) is 10.8 Å². The second-order valence-corrected chi connectivity index (χ2v) is 6.57. The fourth-order valence-corrected chi connectivity index (χ4v) is 2.56. The highest BCUT2D eigenvalue weighted by Gasteiger charge is 2.09. The van der Waals surface area contributed by atoms with Gasteiger partial charge in [-0.3, -0.25) is 0 Å². The molecule has 1 aromatic heterocycles. The maximum absolute atomic E-state index is 6.21. The summed E-state index contributed by atoms with van der Waals surface area (Å²) in [4.78, 5) is 4.25. The Labute approximate surface area is 142 Å². The Hall–Kier alpha value is -0.810. The first kappa shape index (κ1) is 16.6. The van der Waals surface area contributed by atoms with Gasteiger partial charge in [0.2, 0.25) is 5.88 Å². The summed E-state index contributed by atoms with van der Waals surface area (Å²) in [5, 5.41) is 4.26. The second-order valence-electron chi connectivity index (χ2n) is 4.84. The highest BCUT2D eigenvalue weighted by atomic mass is 79.9. The summed E-state index contributed by atoms with van der Waals surface area (Å²) in [6, 6.07) is 7.60. The van der Waals surface area contributed by atoms with E-state index in [1.54, 1.807) is 18.3 Å². The van der Waals surface area contributed by atoms with Crippen molar-refractivity contribution in [2.75, 3.05) is 0 Å². The Kier molecular flexibility index (Phi) is 5.88. The third-order valence-electron chi connectivity index (χ3n) is 2.68. The number of nitrogens with zero attached hydrogens (tertiary/aromatic N) is 1. The van der Waals surface area contributed by atoms with E-state index < -0.39 is 0 Å². The second kappa shape index (κ2) is 7.45. The highest BCUT2D eigenvalue weighted by molar-refractivity contribution is 9.10. The van der Waals surface area contributed by atoms with Gasteiger partial charge in [0.25, 0.3) is 0 Å². The Balaban J connectivity index is 2.13. The standard InChI is InChI=1S/C15H15BrCl2N2O/c1-9(2)19-7-10-5-13(18)15(20-8-10)21-14-4-3-11(16)6-12(14)17/h3-6,8-9,19H,7H2,1-2H3. The van der Waals surface area contributed by atoms with Crippen LogP contribution in [0.15, 0.2) is 34.9 Å². The van der Waals surface area contributed by atoms with E-state index in [2.05, 4.69) is 40.1 Å². The van der Waals surface area contributed by atoms with Crippen molar-refractivity contribution >= 4 is 39.1 Å². The Morgan fingerprint density at radius 1 is 1.24 bits per heavy atom. The van der Waals surface area contributed by atoms with E-state index in [-0.39, 0.29) is 0 Å². The van der Waals surface area contributed by atoms with Crippen LogP contribution >= 0.6 is 39.1 Å². The molecule has 0 aliphatic carbocycles. The SMILES string of the molecule is CC(C)NCc1cnc(Oc2ccc(Br)cc2Cl)c(Cl)c1. The number of benzene rings is 1. The van der Waals surface area contributed by atoms with Gasteiger partial charge in [-0.1, -0.05) is 53.0 Å². The van der Waals surface area contributed by atoms with Crippen molar-refractivity contribution < 1.29 is 4.74 Å². The molecule has 3 nitrogen and oxygen atoms in total. The van der Waals surface area contributed by atoms with E-state index in [0.29, 0.717) is 34.3 Å². The molecule has 1 heterocycles. The fourth-order valence-electron chi connectivity index (χ4n) is 1.62. The molecule has 0 aliphatic heterocycles. The molecule has 0 saturated heterocycles. The van der Waals surface area contributed by atoms with Crippen LogP contribution in [0.5, 0.6) is 11.6 Å². The molecule has 0 fully saturated rings. The first-order valence-electron chi connectivity index (χ1n) is 6.46. The van der Waals surface area contributed by atoms with Crippen LogP contribution in [-0.4, -0.2) is 11.0 Å². The number of hydrogen-bond acceptors (Lipinski definition) is 3. The van der Waals surface area contributed by atoms with Crippen molar-refractivity contribution in [2.24, 2.45) is 0 Å². The molecule has 0 atom stereocenters. The average molecular weight is 390 g/mol. The summed E-state index contributed by atoms with van der Waals surface area (Å²) in [5.74, 6) is 0.858. The lowest BCUT2D eigenvalue weighted by molar-refractivity contribution is 0.462. The number of nitrogens with one attached hydrogen (secondary N) is 1. The zero-order valence-corrected chi connectivity index (χ0v) is 14.8. The van der Waals surface area contributed by atoms with Crippen molar-refractivity contribution in [1.82, 2.24) is 10.3 Å². The molecule has 0 saturated carbocycles. The van der Waals surface area contributed by atoms with E-state index in [1.165, 1.54) is 0 Å². The number of hydrogen-bond donors (Lipinski definition) is 1. The molecule has 0 bridgehead atoms. The van der Waals surface area contributed by atoms with E-state index in [0.717, 1.165) is 10.0 Å². The van der Waals surface area contributed by atoms with E-state index in [9.17, 15) is 0 Å². The van der Waals surface area contributed by atoms with Crippen LogP contribution in [0.3, 0.4) is 0 Å². The molecular formula is C15H15BrCl2N2O. The molecule has 2 aromatic rings. The molecule has 0 unspecified atom stereocenters. The molecular weight excluding hydrogens is 375 g/mol. The maximum Gasteiger partial charge on any atom is 0.238 e. The summed E-state index contributed by atoms with van der Waals surface area (Å²) in [6.07, 6.45) is 1.74. The third kappa shape index (κ3) is 4.85. The van der Waals surface area contributed by atoms with Crippen LogP contribution in [0.4, 0.5) is 0 Å². The Bertz CT molecular complexity index is 635. The molecule has 21 heavy (non-hydrogen) atoms. The molecule has 0 spiro atoms. The van der Waals surface area contributed by atoms with Gasteiger partial charge in [-0.25, -0.2) is 4.98 Å². The van der Waals surface area contributed by atoms with Gasteiger partial charge in [-0.05, 0) is 29.8 Å². The van der Waals surface area contributed by atoms with Crippen molar-refractivity contribution in [3.05, 3.63) is 50.5 Å². The minimum Gasteiger partial charge on any atom is -0.436 e. The van der Waals surface area contributed by atoms with Crippen LogP contribution in [0.1, 0.15) is 19.4 Å². The molecule has 112 valence electrons. The summed E-state index contributed by atoms with van der Waals surface area (Å²) >= 11 is 15.7. The Morgan fingerprint density at radius 2 is 2.00 bits per heavy atom. The van der Waals surface area contributed by atoms with Crippen molar-refractivity contribution in [1.29, 1.82) is 0 Å². The molecule has 2 rings (SSSR count). The third-order valence-corrected chi connectivity index (χ3v) is 3.74. The zero-order chi connectivity index (χ0) is 15.4. The summed E-state index contributed by atoms with van der Waals surface area (Å²) in [7, 11) is 0. The number of pyridine rings is 1. The lowest BCUT2D eigenvalue weighted by atomic mass is 10.2. The predicted octanol–water partition coefficient (Wildman–Crippen LogP) is 5.44. The van der Waals surface area contributed by atoms with Crippen LogP contribution in [0.2, 0.25) is 10.0 Å². The Morgan fingerprint density at radius 3 is 2.62 bits per heavy atom. The zero-order valence-electron chi connectivity index (χ0n) is 11.7. The van der Waals surface area contributed by atoms with Crippen LogP contribution in [0, 0.1) is 0 Å². The van der Waals surface area contributed by atoms with Gasteiger partial charge >= 0.3 is 0 Å². The lowest BCUT2D eigenvalue weighted by Gasteiger charge is -2.11. The van der Waals surface area contributed by atoms with Crippen LogP contribution < -0.4 is 10.1 Å². The lowest BCUT2D eigenvalue weighted by Crippen LogP contribution is -2.21. The molecule has 1 aromatic carbocycles. The van der Waals surface area contributed by atoms with Crippen molar-refractivity contribution in [3.63, 3.8) is 0 Å². The van der Waals surface area contributed by atoms with E-state index >= 15 is 0 Å². The van der Waals surface area contributed by atoms with Crippen molar-refractivity contribution in [3.8, 4) is 11.6 Å².